The standard InChI is InChI=1S/C18H17NO4/c1-3-8-23-13(4-2)15-12(20)9-10-6-5-7-11-14(10)16(15)18(22)19-17(11)21/h3,5-7,9,13,20H,1,4,8H2,2H3,(H,19,21,22). The van der Waals surface area contributed by atoms with Crippen LogP contribution in [-0.2, 0) is 4.74 Å². The number of hydrogen-bond donors (Lipinski definition) is 2. The molecule has 118 valence electrons. The quantitative estimate of drug-likeness (QED) is 0.657. The van der Waals surface area contributed by atoms with E-state index < -0.39 is 17.9 Å². The lowest BCUT2D eigenvalue weighted by Crippen LogP contribution is -2.36. The van der Waals surface area contributed by atoms with Crippen molar-refractivity contribution in [3.63, 3.8) is 0 Å². The molecule has 5 nitrogen and oxygen atoms in total. The van der Waals surface area contributed by atoms with Crippen LogP contribution in [0.5, 0.6) is 5.75 Å². The molecule has 0 fully saturated rings. The first-order chi connectivity index (χ1) is 11.1. The van der Waals surface area contributed by atoms with Crippen molar-refractivity contribution in [2.75, 3.05) is 6.61 Å². The maximum absolute atomic E-state index is 12.4. The normalized spacial score (nSPS) is 14.7. The smallest absolute Gasteiger partial charge is 0.259 e. The van der Waals surface area contributed by atoms with E-state index in [1.807, 2.05) is 6.92 Å². The van der Waals surface area contributed by atoms with Crippen LogP contribution < -0.4 is 5.32 Å². The van der Waals surface area contributed by atoms with Crippen molar-refractivity contribution in [3.8, 4) is 5.75 Å². The Morgan fingerprint density at radius 3 is 2.83 bits per heavy atom. The van der Waals surface area contributed by atoms with Crippen LogP contribution >= 0.6 is 0 Å². The number of carbonyl (C=O) groups excluding carboxylic acids is 2. The zero-order valence-corrected chi connectivity index (χ0v) is 12.8. The number of phenolic OH excluding ortho intramolecular Hbond substituents is 1. The molecule has 2 amide bonds. The Bertz CT molecular complexity index is 825. The van der Waals surface area contributed by atoms with Crippen molar-refractivity contribution in [1.29, 1.82) is 0 Å². The van der Waals surface area contributed by atoms with Crippen LogP contribution in [0.3, 0.4) is 0 Å². The highest BCUT2D eigenvalue weighted by Gasteiger charge is 2.31. The Labute approximate surface area is 133 Å². The maximum Gasteiger partial charge on any atom is 0.259 e. The molecular weight excluding hydrogens is 294 g/mol. The molecule has 0 saturated heterocycles. The van der Waals surface area contributed by atoms with Crippen molar-refractivity contribution < 1.29 is 19.4 Å². The third-order valence-corrected chi connectivity index (χ3v) is 3.99. The van der Waals surface area contributed by atoms with Crippen LogP contribution in [0.2, 0.25) is 0 Å². The summed E-state index contributed by atoms with van der Waals surface area (Å²) in [5.41, 5.74) is 1.15. The largest absolute Gasteiger partial charge is 0.508 e. The van der Waals surface area contributed by atoms with Gasteiger partial charge in [-0.05, 0) is 23.9 Å². The van der Waals surface area contributed by atoms with Crippen molar-refractivity contribution in [3.05, 3.63) is 53.6 Å². The molecule has 2 aromatic carbocycles. The lowest BCUT2D eigenvalue weighted by atomic mass is 9.88. The maximum atomic E-state index is 12.4. The predicted octanol–water partition coefficient (Wildman–Crippen LogP) is 3.08. The van der Waals surface area contributed by atoms with E-state index in [-0.39, 0.29) is 5.75 Å². The molecule has 1 unspecified atom stereocenters. The molecule has 5 heteroatoms. The fraction of sp³-hybridized carbons (Fsp3) is 0.222. The molecule has 0 spiro atoms. The molecule has 0 saturated carbocycles. The van der Waals surface area contributed by atoms with E-state index in [0.29, 0.717) is 40.5 Å². The minimum atomic E-state index is -0.509. The molecule has 0 aromatic heterocycles. The van der Waals surface area contributed by atoms with Gasteiger partial charge in [0.1, 0.15) is 5.75 Å². The Morgan fingerprint density at radius 2 is 2.13 bits per heavy atom. The molecule has 1 aliphatic heterocycles. The lowest BCUT2D eigenvalue weighted by Gasteiger charge is -2.24. The second kappa shape index (κ2) is 5.85. The van der Waals surface area contributed by atoms with Gasteiger partial charge in [-0.1, -0.05) is 25.1 Å². The fourth-order valence-corrected chi connectivity index (χ4v) is 3.03. The Balaban J connectivity index is 2.33. The summed E-state index contributed by atoms with van der Waals surface area (Å²) in [6, 6.07) is 6.73. The van der Waals surface area contributed by atoms with Crippen LogP contribution in [-0.4, -0.2) is 23.5 Å². The van der Waals surface area contributed by atoms with Crippen LogP contribution in [0.15, 0.2) is 36.9 Å². The van der Waals surface area contributed by atoms with Gasteiger partial charge in [0.05, 0.1) is 18.3 Å². The molecule has 2 N–H and O–H groups in total. The van der Waals surface area contributed by atoms with Gasteiger partial charge in [-0.15, -0.1) is 6.58 Å². The van der Waals surface area contributed by atoms with Crippen LogP contribution in [0.25, 0.3) is 10.8 Å². The van der Waals surface area contributed by atoms with Gasteiger partial charge in [-0.2, -0.15) is 0 Å². The van der Waals surface area contributed by atoms with Gasteiger partial charge in [0.15, 0.2) is 0 Å². The van der Waals surface area contributed by atoms with Crippen LogP contribution in [0, 0.1) is 0 Å². The number of phenols is 1. The minimum absolute atomic E-state index is 0.00920. The zero-order valence-electron chi connectivity index (χ0n) is 12.8. The van der Waals surface area contributed by atoms with E-state index in [0.717, 1.165) is 0 Å². The number of carbonyl (C=O) groups is 2. The number of benzene rings is 2. The topological polar surface area (TPSA) is 75.6 Å². The van der Waals surface area contributed by atoms with Gasteiger partial charge < -0.3 is 9.84 Å². The summed E-state index contributed by atoms with van der Waals surface area (Å²) in [5.74, 6) is -0.944. The zero-order chi connectivity index (χ0) is 16.6. The number of ether oxygens (including phenoxy) is 1. The summed E-state index contributed by atoms with van der Waals surface area (Å²) in [6.07, 6.45) is 1.73. The molecule has 0 aliphatic carbocycles. The van der Waals surface area contributed by atoms with Crippen molar-refractivity contribution in [1.82, 2.24) is 5.32 Å². The van der Waals surface area contributed by atoms with Crippen molar-refractivity contribution in [2.24, 2.45) is 0 Å². The first kappa shape index (κ1) is 15.2. The van der Waals surface area contributed by atoms with Gasteiger partial charge in [0, 0.05) is 16.5 Å². The summed E-state index contributed by atoms with van der Waals surface area (Å²) in [7, 11) is 0. The average Bonchev–Trinajstić information content (AvgIpc) is 2.53. The summed E-state index contributed by atoms with van der Waals surface area (Å²) >= 11 is 0. The number of rotatable bonds is 5. The van der Waals surface area contributed by atoms with Crippen LogP contribution in [0.1, 0.15) is 45.7 Å². The highest BCUT2D eigenvalue weighted by atomic mass is 16.5. The third kappa shape index (κ3) is 2.39. The van der Waals surface area contributed by atoms with Crippen molar-refractivity contribution >= 4 is 22.6 Å². The number of hydrogen-bond acceptors (Lipinski definition) is 4. The van der Waals surface area contributed by atoms with Crippen LogP contribution in [0.4, 0.5) is 0 Å². The number of aromatic hydroxyl groups is 1. The Kier molecular flexibility index (Phi) is 3.88. The van der Waals surface area contributed by atoms with E-state index in [9.17, 15) is 14.7 Å². The molecule has 1 aliphatic rings. The summed E-state index contributed by atoms with van der Waals surface area (Å²) in [4.78, 5) is 24.5. The highest BCUT2D eigenvalue weighted by molar-refractivity contribution is 6.26. The summed E-state index contributed by atoms with van der Waals surface area (Å²) < 4.78 is 5.69. The summed E-state index contributed by atoms with van der Waals surface area (Å²) in [5, 5.41) is 14.0. The van der Waals surface area contributed by atoms with Gasteiger partial charge in [0.2, 0.25) is 0 Å². The van der Waals surface area contributed by atoms with E-state index in [4.69, 9.17) is 4.74 Å². The number of amides is 2. The van der Waals surface area contributed by atoms with E-state index in [1.165, 1.54) is 0 Å². The van der Waals surface area contributed by atoms with Crippen molar-refractivity contribution in [2.45, 2.75) is 19.4 Å². The second-order valence-electron chi connectivity index (χ2n) is 5.39. The SMILES string of the molecule is C=CCOC(CC)c1c(O)cc2cccc3c2c1C(=O)NC3=O. The first-order valence-corrected chi connectivity index (χ1v) is 7.45. The minimum Gasteiger partial charge on any atom is -0.508 e. The molecular formula is C18H17NO4. The van der Waals surface area contributed by atoms with Gasteiger partial charge in [0.25, 0.3) is 11.8 Å². The van der Waals surface area contributed by atoms with Gasteiger partial charge in [-0.25, -0.2) is 0 Å². The molecule has 1 heterocycles. The third-order valence-electron chi connectivity index (χ3n) is 3.99. The monoisotopic (exact) mass is 311 g/mol. The predicted molar refractivity (Wildman–Crippen MR) is 86.6 cm³/mol. The lowest BCUT2D eigenvalue weighted by molar-refractivity contribution is 0.0672. The van der Waals surface area contributed by atoms with Gasteiger partial charge >= 0.3 is 0 Å². The fourth-order valence-electron chi connectivity index (χ4n) is 3.03. The summed E-state index contributed by atoms with van der Waals surface area (Å²) in [6.45, 7) is 5.82. The molecule has 23 heavy (non-hydrogen) atoms. The number of imide groups is 1. The molecule has 0 radical (unpaired) electrons. The average molecular weight is 311 g/mol. The number of nitrogens with one attached hydrogen (secondary N) is 1. The first-order valence-electron chi connectivity index (χ1n) is 7.45. The highest BCUT2D eigenvalue weighted by Crippen LogP contribution is 2.40. The molecule has 2 aromatic rings. The molecule has 3 rings (SSSR count). The second-order valence-corrected chi connectivity index (χ2v) is 5.39. The van der Waals surface area contributed by atoms with E-state index in [1.54, 1.807) is 30.3 Å². The molecule has 0 bridgehead atoms. The van der Waals surface area contributed by atoms with E-state index >= 15 is 0 Å². The van der Waals surface area contributed by atoms with Gasteiger partial charge in [-0.3, -0.25) is 14.9 Å². The Hall–Kier alpha value is -2.66. The Morgan fingerprint density at radius 1 is 1.35 bits per heavy atom. The molecule has 1 atom stereocenters. The van der Waals surface area contributed by atoms with E-state index in [2.05, 4.69) is 11.9 Å².